The molecule has 164 valence electrons. The Morgan fingerprint density at radius 1 is 1.23 bits per heavy atom. The van der Waals surface area contributed by atoms with E-state index in [0.717, 1.165) is 29.7 Å². The molecule has 7 heteroatoms. The van der Waals surface area contributed by atoms with Crippen LogP contribution in [0.2, 0.25) is 0 Å². The first-order valence-electron chi connectivity index (χ1n) is 10.7. The Kier molecular flexibility index (Phi) is 7.48. The summed E-state index contributed by atoms with van der Waals surface area (Å²) >= 11 is 0. The fraction of sp³-hybridized carbons (Fsp3) is 0.458. The Hall–Kier alpha value is -3.11. The number of hydrogen-bond donors (Lipinski definition) is 0. The molecule has 1 unspecified atom stereocenters. The molecule has 1 aromatic rings. The van der Waals surface area contributed by atoms with Gasteiger partial charge in [0.2, 0.25) is 0 Å². The molecule has 2 heterocycles. The van der Waals surface area contributed by atoms with Crippen molar-refractivity contribution < 1.29 is 23.8 Å². The monoisotopic (exact) mass is 424 g/mol. The minimum atomic E-state index is -0.559. The number of hydrogen-bond acceptors (Lipinski definition) is 6. The van der Waals surface area contributed by atoms with Crippen LogP contribution in [0.4, 0.5) is 0 Å². The summed E-state index contributed by atoms with van der Waals surface area (Å²) in [6.45, 7) is 7.37. The first-order valence-corrected chi connectivity index (χ1v) is 10.7. The number of benzene rings is 1. The van der Waals surface area contributed by atoms with Gasteiger partial charge in [-0.05, 0) is 62.5 Å². The van der Waals surface area contributed by atoms with Gasteiger partial charge in [0, 0.05) is 12.2 Å². The summed E-state index contributed by atoms with van der Waals surface area (Å²) in [5.74, 6) is 0.251. The number of imide groups is 1. The van der Waals surface area contributed by atoms with Crippen molar-refractivity contribution in [3.63, 3.8) is 0 Å². The minimum absolute atomic E-state index is 0.0169. The molecule has 0 saturated carbocycles. The van der Waals surface area contributed by atoms with Crippen LogP contribution in [-0.2, 0) is 14.3 Å². The zero-order valence-electron chi connectivity index (χ0n) is 18.3. The summed E-state index contributed by atoms with van der Waals surface area (Å²) in [6, 6.07) is 7.40. The molecule has 0 aromatic heterocycles. The highest BCUT2D eigenvalue weighted by Gasteiger charge is 2.37. The van der Waals surface area contributed by atoms with Gasteiger partial charge in [0.15, 0.2) is 11.5 Å². The van der Waals surface area contributed by atoms with Crippen molar-refractivity contribution in [3.8, 4) is 17.6 Å². The largest absolute Gasteiger partial charge is 0.490 e. The molecule has 3 rings (SSSR count). The van der Waals surface area contributed by atoms with E-state index in [9.17, 15) is 14.9 Å². The van der Waals surface area contributed by atoms with Crippen LogP contribution < -0.4 is 9.47 Å². The Bertz CT molecular complexity index is 951. The van der Waals surface area contributed by atoms with Crippen molar-refractivity contribution in [1.29, 1.82) is 5.26 Å². The van der Waals surface area contributed by atoms with Crippen LogP contribution in [0.15, 0.2) is 34.9 Å². The second kappa shape index (κ2) is 10.3. The van der Waals surface area contributed by atoms with Gasteiger partial charge in [-0.3, -0.25) is 14.5 Å². The fourth-order valence-corrected chi connectivity index (χ4v) is 3.67. The van der Waals surface area contributed by atoms with E-state index in [1.807, 2.05) is 26.0 Å². The summed E-state index contributed by atoms with van der Waals surface area (Å²) in [7, 11) is 0. The lowest BCUT2D eigenvalue weighted by Gasteiger charge is -2.29. The molecule has 2 aliphatic rings. The summed E-state index contributed by atoms with van der Waals surface area (Å²) in [4.78, 5) is 27.1. The van der Waals surface area contributed by atoms with Crippen LogP contribution >= 0.6 is 0 Å². The van der Waals surface area contributed by atoms with E-state index in [2.05, 4.69) is 0 Å². The van der Waals surface area contributed by atoms with Gasteiger partial charge in [-0.1, -0.05) is 13.0 Å². The number of nitrogens with zero attached hydrogens (tertiary/aromatic N) is 2. The number of carbonyl (C=O) groups is 2. The summed E-state index contributed by atoms with van der Waals surface area (Å²) < 4.78 is 17.0. The van der Waals surface area contributed by atoms with Gasteiger partial charge >= 0.3 is 0 Å². The van der Waals surface area contributed by atoms with Crippen LogP contribution in [0.5, 0.6) is 11.5 Å². The van der Waals surface area contributed by atoms with Gasteiger partial charge in [0.25, 0.3) is 11.8 Å². The van der Waals surface area contributed by atoms with Crippen molar-refractivity contribution in [2.24, 2.45) is 0 Å². The number of amides is 2. The highest BCUT2D eigenvalue weighted by atomic mass is 16.5. The Morgan fingerprint density at radius 3 is 2.68 bits per heavy atom. The first kappa shape index (κ1) is 22.6. The van der Waals surface area contributed by atoms with Crippen molar-refractivity contribution in [2.75, 3.05) is 26.4 Å². The van der Waals surface area contributed by atoms with Crippen LogP contribution in [0.3, 0.4) is 0 Å². The predicted molar refractivity (Wildman–Crippen MR) is 115 cm³/mol. The molecule has 1 fully saturated rings. The van der Waals surface area contributed by atoms with Gasteiger partial charge in [0.05, 0.1) is 25.9 Å². The number of nitriles is 1. The minimum Gasteiger partial charge on any atom is -0.490 e. The maximum atomic E-state index is 13.2. The molecule has 0 bridgehead atoms. The maximum absolute atomic E-state index is 13.2. The van der Waals surface area contributed by atoms with Gasteiger partial charge in [0.1, 0.15) is 11.6 Å². The molecular weight excluding hydrogens is 396 g/mol. The number of carbonyl (C=O) groups excluding carboxylic acids is 2. The topological polar surface area (TPSA) is 88.9 Å². The molecule has 0 N–H and O–H groups in total. The van der Waals surface area contributed by atoms with Gasteiger partial charge < -0.3 is 14.2 Å². The SMILES string of the molecule is CCCOc1ccc(/C=C2/C(=O)N(CC3CCCO3)C(=O)C(C#N)=C2C)cc1OCC. The number of rotatable bonds is 8. The van der Waals surface area contributed by atoms with Crippen LogP contribution in [0.1, 0.15) is 45.6 Å². The molecule has 2 amide bonds. The van der Waals surface area contributed by atoms with Gasteiger partial charge in [-0.2, -0.15) is 5.26 Å². The van der Waals surface area contributed by atoms with E-state index in [-0.39, 0.29) is 18.2 Å². The number of ether oxygens (including phenoxy) is 3. The molecule has 7 nitrogen and oxygen atoms in total. The molecule has 1 atom stereocenters. The summed E-state index contributed by atoms with van der Waals surface area (Å²) in [6.07, 6.45) is 4.07. The average Bonchev–Trinajstić information content (AvgIpc) is 3.27. The molecule has 2 aliphatic heterocycles. The first-order chi connectivity index (χ1) is 15.0. The lowest BCUT2D eigenvalue weighted by Crippen LogP contribution is -2.46. The second-order valence-electron chi connectivity index (χ2n) is 7.51. The third-order valence-electron chi connectivity index (χ3n) is 5.28. The smallest absolute Gasteiger partial charge is 0.271 e. The molecule has 0 spiro atoms. The highest BCUT2D eigenvalue weighted by Crippen LogP contribution is 2.32. The third-order valence-corrected chi connectivity index (χ3v) is 5.28. The molecule has 0 radical (unpaired) electrons. The molecule has 1 saturated heterocycles. The van der Waals surface area contributed by atoms with Gasteiger partial charge in [-0.15, -0.1) is 0 Å². The standard InChI is InChI=1S/C24H28N2O5/c1-4-10-31-21-9-8-17(13-22(21)29-5-2)12-19-16(3)20(14-25)24(28)26(23(19)27)15-18-7-6-11-30-18/h8-9,12-13,18H,4-7,10-11,15H2,1-3H3/b19-12+. The van der Waals surface area contributed by atoms with Crippen molar-refractivity contribution >= 4 is 17.9 Å². The Morgan fingerprint density at radius 2 is 2.03 bits per heavy atom. The van der Waals surface area contributed by atoms with Crippen LogP contribution in [0, 0.1) is 11.3 Å². The van der Waals surface area contributed by atoms with Crippen molar-refractivity contribution in [2.45, 2.75) is 46.1 Å². The van der Waals surface area contributed by atoms with E-state index in [1.54, 1.807) is 25.1 Å². The molecule has 0 aliphatic carbocycles. The average molecular weight is 424 g/mol. The molecule has 1 aromatic carbocycles. The van der Waals surface area contributed by atoms with Crippen molar-refractivity contribution in [1.82, 2.24) is 4.90 Å². The highest BCUT2D eigenvalue weighted by molar-refractivity contribution is 6.19. The van der Waals surface area contributed by atoms with E-state index < -0.39 is 11.8 Å². The quantitative estimate of drug-likeness (QED) is 0.468. The lowest BCUT2D eigenvalue weighted by molar-refractivity contribution is -0.142. The van der Waals surface area contributed by atoms with E-state index in [1.165, 1.54) is 0 Å². The zero-order chi connectivity index (χ0) is 22.4. The lowest BCUT2D eigenvalue weighted by atomic mass is 9.93. The summed E-state index contributed by atoms with van der Waals surface area (Å²) in [5.41, 5.74) is 1.40. The Balaban J connectivity index is 1.97. The normalized spacial score (nSPS) is 20.4. The summed E-state index contributed by atoms with van der Waals surface area (Å²) in [5, 5.41) is 9.55. The predicted octanol–water partition coefficient (Wildman–Crippen LogP) is 3.65. The van der Waals surface area contributed by atoms with Crippen LogP contribution in [0.25, 0.3) is 6.08 Å². The molecule has 31 heavy (non-hydrogen) atoms. The zero-order valence-corrected chi connectivity index (χ0v) is 18.3. The van der Waals surface area contributed by atoms with E-state index in [0.29, 0.717) is 42.5 Å². The van der Waals surface area contributed by atoms with E-state index in [4.69, 9.17) is 14.2 Å². The fourth-order valence-electron chi connectivity index (χ4n) is 3.67. The molecular formula is C24H28N2O5. The Labute approximate surface area is 182 Å². The van der Waals surface area contributed by atoms with Crippen molar-refractivity contribution in [3.05, 3.63) is 40.5 Å². The van der Waals surface area contributed by atoms with Gasteiger partial charge in [-0.25, -0.2) is 0 Å². The second-order valence-corrected chi connectivity index (χ2v) is 7.51. The maximum Gasteiger partial charge on any atom is 0.271 e. The van der Waals surface area contributed by atoms with Crippen LogP contribution in [-0.4, -0.2) is 49.2 Å². The van der Waals surface area contributed by atoms with E-state index >= 15 is 0 Å². The third kappa shape index (κ3) is 4.97.